The molecule has 4 aromatic rings. The van der Waals surface area contributed by atoms with Crippen molar-refractivity contribution in [3.63, 3.8) is 0 Å². The van der Waals surface area contributed by atoms with Crippen LogP contribution in [0.5, 0.6) is 0 Å². The topological polar surface area (TPSA) is 0 Å². The summed E-state index contributed by atoms with van der Waals surface area (Å²) in [5.74, 6) is 0.323. The van der Waals surface area contributed by atoms with Crippen LogP contribution in [-0.4, -0.2) is 8.41 Å². The van der Waals surface area contributed by atoms with Gasteiger partial charge in [-0.2, -0.15) is 0 Å². The number of allylic oxidation sites excluding steroid dienone is 1. The molecule has 0 nitrogen and oxygen atoms in total. The molecular formula is C31H26Si. The zero-order chi connectivity index (χ0) is 21.8. The molecule has 0 fully saturated rings. The van der Waals surface area contributed by atoms with Crippen LogP contribution in [0.3, 0.4) is 0 Å². The fourth-order valence-corrected chi connectivity index (χ4v) is 6.84. The van der Waals surface area contributed by atoms with E-state index in [2.05, 4.69) is 117 Å². The molecule has 4 aromatic carbocycles. The van der Waals surface area contributed by atoms with Gasteiger partial charge in [0.25, 0.3) is 0 Å². The van der Waals surface area contributed by atoms with Gasteiger partial charge < -0.3 is 0 Å². The fraction of sp³-hybridized carbons (Fsp3) is 0.129. The van der Waals surface area contributed by atoms with E-state index in [1.807, 2.05) is 0 Å². The Morgan fingerprint density at radius 3 is 2.25 bits per heavy atom. The first-order valence-corrected chi connectivity index (χ1v) is 13.9. The highest BCUT2D eigenvalue weighted by Crippen LogP contribution is 2.46. The molecule has 0 amide bonds. The van der Waals surface area contributed by atoms with E-state index in [-0.39, 0.29) is 0 Å². The lowest BCUT2D eigenvalue weighted by Crippen LogP contribution is -2.07. The Kier molecular flexibility index (Phi) is 4.48. The second kappa shape index (κ2) is 7.39. The van der Waals surface area contributed by atoms with Gasteiger partial charge in [0.15, 0.2) is 0 Å². The lowest BCUT2D eigenvalue weighted by Gasteiger charge is -2.20. The van der Waals surface area contributed by atoms with Gasteiger partial charge in [0.1, 0.15) is 0 Å². The first-order valence-electron chi connectivity index (χ1n) is 11.4. The third kappa shape index (κ3) is 2.85. The maximum Gasteiger partial charge on any atom is 0.0313 e. The molecule has 2 aliphatic carbocycles. The molecule has 0 saturated carbocycles. The van der Waals surface area contributed by atoms with Crippen molar-refractivity contribution in [2.24, 2.45) is 0 Å². The van der Waals surface area contributed by atoms with Crippen LogP contribution in [0.25, 0.3) is 23.3 Å². The molecule has 6 rings (SSSR count). The van der Waals surface area contributed by atoms with Gasteiger partial charge in [0.05, 0.1) is 0 Å². The Hall–Kier alpha value is -3.29. The largest absolute Gasteiger partial charge is 0.0622 e. The molecule has 0 N–H and O–H groups in total. The van der Waals surface area contributed by atoms with Crippen LogP contribution >= 0.6 is 0 Å². The van der Waals surface area contributed by atoms with Gasteiger partial charge in [-0.1, -0.05) is 110 Å². The van der Waals surface area contributed by atoms with Gasteiger partial charge in [-0.05, 0) is 66.9 Å². The molecule has 32 heavy (non-hydrogen) atoms. The molecule has 0 heterocycles. The monoisotopic (exact) mass is 426 g/mol. The number of hydrogen-bond acceptors (Lipinski definition) is 0. The van der Waals surface area contributed by atoms with Crippen LogP contribution in [0.15, 0.2) is 90.5 Å². The predicted octanol–water partition coefficient (Wildman–Crippen LogP) is 6.92. The Morgan fingerprint density at radius 2 is 1.44 bits per heavy atom. The first-order chi connectivity index (χ1) is 15.6. The molecule has 1 unspecified atom stereocenters. The Bertz CT molecular complexity index is 1640. The molecule has 0 spiro atoms. The van der Waals surface area contributed by atoms with Crippen molar-refractivity contribution in [3.05, 3.63) is 133 Å². The molecule has 0 bridgehead atoms. The normalized spacial score (nSPS) is 15.5. The zero-order valence-corrected chi connectivity index (χ0v) is 19.8. The fourth-order valence-electron chi connectivity index (χ4n) is 5.60. The lowest BCUT2D eigenvalue weighted by atomic mass is 9.84. The summed E-state index contributed by atoms with van der Waals surface area (Å²) in [4.78, 5) is 1.56. The van der Waals surface area contributed by atoms with E-state index in [4.69, 9.17) is 0 Å². The second-order valence-corrected chi connectivity index (χ2v) is 11.8. The van der Waals surface area contributed by atoms with Crippen molar-refractivity contribution in [2.75, 3.05) is 0 Å². The quantitative estimate of drug-likeness (QED) is 0.269. The van der Waals surface area contributed by atoms with Gasteiger partial charge >= 0.3 is 0 Å². The molecule has 0 radical (unpaired) electrons. The predicted molar refractivity (Wildman–Crippen MR) is 137 cm³/mol. The summed E-state index contributed by atoms with van der Waals surface area (Å²) in [6.45, 7) is 7.17. The van der Waals surface area contributed by atoms with Crippen LogP contribution in [0.1, 0.15) is 35.1 Å². The van der Waals surface area contributed by atoms with Crippen molar-refractivity contribution in [3.8, 4) is 11.1 Å². The summed E-state index contributed by atoms with van der Waals surface area (Å²) in [7, 11) is -0.620. The number of hydrogen-bond donors (Lipinski definition) is 0. The summed E-state index contributed by atoms with van der Waals surface area (Å²) < 4.78 is 0. The average Bonchev–Trinajstić information content (AvgIpc) is 3.35. The summed E-state index contributed by atoms with van der Waals surface area (Å²) in [6, 6.07) is 31.3. The standard InChI is InChI=1S/C31H26Si/c1-20-18-27-23(21-10-5-4-6-11-21)14-9-15-26(27)30(20)31-28-19-22-12-7-8-13-24(22)25(28)16-17-29(31)32(2)3/h4-19,30H,1-3H3. The SMILES string of the molecule is CC1=Cc2c(-c3ccccc3)cccc2C1c1c2c(ccc1=[Si](C)C)=c1ccccc1=C2. The molecule has 1 atom stereocenters. The highest BCUT2D eigenvalue weighted by Gasteiger charge is 2.29. The minimum absolute atomic E-state index is 0.323. The highest BCUT2D eigenvalue weighted by atomic mass is 28.2. The van der Waals surface area contributed by atoms with Gasteiger partial charge in [-0.25, -0.2) is 0 Å². The van der Waals surface area contributed by atoms with Crippen LogP contribution < -0.4 is 5.22 Å². The van der Waals surface area contributed by atoms with Crippen molar-refractivity contribution in [1.82, 2.24) is 0 Å². The summed E-state index contributed by atoms with van der Waals surface area (Å²) in [5, 5.41) is 4.11. The van der Waals surface area contributed by atoms with Crippen LogP contribution in [0.4, 0.5) is 0 Å². The maximum absolute atomic E-state index is 2.44. The Morgan fingerprint density at radius 1 is 0.656 bits per heavy atom. The summed E-state index contributed by atoms with van der Waals surface area (Å²) >= 11 is 0. The molecule has 154 valence electrons. The molecule has 1 heteroatoms. The van der Waals surface area contributed by atoms with E-state index < -0.39 is 8.41 Å². The van der Waals surface area contributed by atoms with E-state index in [9.17, 15) is 0 Å². The Balaban J connectivity index is 1.68. The van der Waals surface area contributed by atoms with E-state index in [1.165, 1.54) is 54.6 Å². The number of fused-ring (bicyclic) bond motifs is 3. The summed E-state index contributed by atoms with van der Waals surface area (Å²) in [6.07, 6.45) is 4.87. The van der Waals surface area contributed by atoms with Gasteiger partial charge in [0.2, 0.25) is 0 Å². The van der Waals surface area contributed by atoms with Crippen LogP contribution in [0.2, 0.25) is 13.1 Å². The van der Waals surface area contributed by atoms with E-state index in [1.54, 1.807) is 4.81 Å². The second-order valence-electron chi connectivity index (χ2n) is 9.22. The smallest absolute Gasteiger partial charge is 0.0313 e. The van der Waals surface area contributed by atoms with Gasteiger partial charge in [-0.15, -0.1) is 0 Å². The molecule has 2 aliphatic rings. The lowest BCUT2D eigenvalue weighted by molar-refractivity contribution is 0.965. The Labute approximate surface area is 190 Å². The third-order valence-electron chi connectivity index (χ3n) is 7.03. The van der Waals surface area contributed by atoms with Gasteiger partial charge in [-0.3, -0.25) is 0 Å². The number of rotatable bonds is 2. The minimum Gasteiger partial charge on any atom is -0.0622 e. The highest BCUT2D eigenvalue weighted by molar-refractivity contribution is 6.47. The number of benzene rings is 4. The minimum atomic E-state index is -0.620. The molecule has 0 saturated heterocycles. The van der Waals surface area contributed by atoms with Crippen molar-refractivity contribution >= 4 is 20.6 Å². The van der Waals surface area contributed by atoms with Gasteiger partial charge in [0, 0.05) is 14.3 Å². The summed E-state index contributed by atoms with van der Waals surface area (Å²) in [5.41, 5.74) is 9.89. The van der Waals surface area contributed by atoms with Crippen molar-refractivity contribution < 1.29 is 0 Å². The molecular weight excluding hydrogens is 400 g/mol. The molecule has 0 aliphatic heterocycles. The van der Waals surface area contributed by atoms with E-state index >= 15 is 0 Å². The molecule has 0 aromatic heterocycles. The first kappa shape index (κ1) is 19.4. The zero-order valence-electron chi connectivity index (χ0n) is 18.8. The van der Waals surface area contributed by atoms with Crippen LogP contribution in [0, 0.1) is 15.3 Å². The third-order valence-corrected chi connectivity index (χ3v) is 8.54. The van der Waals surface area contributed by atoms with Crippen LogP contribution in [-0.2, 0) is 0 Å². The van der Waals surface area contributed by atoms with Crippen molar-refractivity contribution in [1.29, 1.82) is 0 Å². The van der Waals surface area contributed by atoms with Crippen molar-refractivity contribution in [2.45, 2.75) is 25.9 Å². The maximum atomic E-state index is 2.44. The average molecular weight is 427 g/mol. The van der Waals surface area contributed by atoms with E-state index in [0.717, 1.165) is 0 Å². The van der Waals surface area contributed by atoms with E-state index in [0.29, 0.717) is 5.92 Å².